The summed E-state index contributed by atoms with van der Waals surface area (Å²) >= 11 is 6.19. The highest BCUT2D eigenvalue weighted by Crippen LogP contribution is 2.31. The lowest BCUT2D eigenvalue weighted by Gasteiger charge is -2.30. The molecule has 1 aromatic heterocycles. The maximum absolute atomic E-state index is 10.8. The topological polar surface area (TPSA) is 68.5 Å². The van der Waals surface area contributed by atoms with E-state index in [0.717, 1.165) is 25.1 Å². The molecule has 0 saturated heterocycles. The quantitative estimate of drug-likeness (QED) is 0.604. The lowest BCUT2D eigenvalue weighted by atomic mass is 9.99. The van der Waals surface area contributed by atoms with E-state index >= 15 is 0 Å². The van der Waals surface area contributed by atoms with Crippen molar-refractivity contribution in [2.24, 2.45) is 0 Å². The highest BCUT2D eigenvalue weighted by Gasteiger charge is 2.21. The zero-order chi connectivity index (χ0) is 17.1. The van der Waals surface area contributed by atoms with Crippen LogP contribution in [0.25, 0.3) is 0 Å². The van der Waals surface area contributed by atoms with Gasteiger partial charge in [-0.1, -0.05) is 24.6 Å². The minimum Gasteiger partial charge on any atom is -0.494 e. The maximum atomic E-state index is 10.8. The molecule has 0 fully saturated rings. The largest absolute Gasteiger partial charge is 0.494 e. The molecule has 0 amide bonds. The van der Waals surface area contributed by atoms with Crippen molar-refractivity contribution < 1.29 is 9.66 Å². The molecule has 0 atom stereocenters. The first-order chi connectivity index (χ1) is 11.6. The number of pyridine rings is 1. The number of nitrogens with zero attached hydrogens (tertiary/aromatic N) is 3. The highest BCUT2D eigenvalue weighted by atomic mass is 35.5. The zero-order valence-corrected chi connectivity index (χ0v) is 14.1. The van der Waals surface area contributed by atoms with Crippen LogP contribution in [0, 0.1) is 10.1 Å². The number of ether oxygens (including phenoxy) is 1. The molecule has 1 aliphatic heterocycles. The summed E-state index contributed by atoms with van der Waals surface area (Å²) < 4.78 is 5.68. The number of halogens is 1. The van der Waals surface area contributed by atoms with Crippen LogP contribution in [0.15, 0.2) is 30.5 Å². The van der Waals surface area contributed by atoms with Crippen LogP contribution in [0.3, 0.4) is 0 Å². The molecule has 0 aliphatic carbocycles. The fourth-order valence-corrected chi connectivity index (χ4v) is 3.05. The first-order valence-corrected chi connectivity index (χ1v) is 8.25. The van der Waals surface area contributed by atoms with Gasteiger partial charge in [0.15, 0.2) is 0 Å². The predicted octanol–water partition coefficient (Wildman–Crippen LogP) is 3.99. The van der Waals surface area contributed by atoms with Gasteiger partial charge < -0.3 is 9.64 Å². The van der Waals surface area contributed by atoms with Gasteiger partial charge in [-0.3, -0.25) is 10.1 Å². The predicted molar refractivity (Wildman–Crippen MR) is 92.9 cm³/mol. The van der Waals surface area contributed by atoms with Gasteiger partial charge in [0.05, 0.1) is 16.6 Å². The molecule has 0 radical (unpaired) electrons. The average Bonchev–Trinajstić information content (AvgIpc) is 2.59. The van der Waals surface area contributed by atoms with Crippen LogP contribution in [-0.2, 0) is 13.0 Å². The molecular formula is C17H18ClN3O3. The van der Waals surface area contributed by atoms with Gasteiger partial charge in [-0.15, -0.1) is 0 Å². The number of hydrogen-bond donors (Lipinski definition) is 0. The summed E-state index contributed by atoms with van der Waals surface area (Å²) in [6, 6.07) is 7.48. The van der Waals surface area contributed by atoms with Gasteiger partial charge in [-0.25, -0.2) is 4.98 Å². The highest BCUT2D eigenvalue weighted by molar-refractivity contribution is 6.33. The molecular weight excluding hydrogens is 330 g/mol. The molecule has 0 saturated carbocycles. The monoisotopic (exact) mass is 347 g/mol. The van der Waals surface area contributed by atoms with Gasteiger partial charge >= 0.3 is 0 Å². The van der Waals surface area contributed by atoms with Crippen molar-refractivity contribution in [3.05, 3.63) is 56.7 Å². The number of rotatable bonds is 5. The van der Waals surface area contributed by atoms with Crippen LogP contribution in [0.1, 0.15) is 24.5 Å². The minimum absolute atomic E-state index is 0.0983. The van der Waals surface area contributed by atoms with E-state index in [4.69, 9.17) is 16.3 Å². The fraction of sp³-hybridized carbons (Fsp3) is 0.353. The van der Waals surface area contributed by atoms with Gasteiger partial charge in [0, 0.05) is 19.2 Å². The summed E-state index contributed by atoms with van der Waals surface area (Å²) in [5.41, 5.74) is 2.36. The third-order valence-corrected chi connectivity index (χ3v) is 4.26. The summed E-state index contributed by atoms with van der Waals surface area (Å²) in [4.78, 5) is 16.5. The average molecular weight is 348 g/mol. The normalized spacial score (nSPS) is 13.5. The van der Waals surface area contributed by atoms with Gasteiger partial charge in [-0.05, 0) is 36.1 Å². The standard InChI is InChI=1S/C17H18ClN3O3/c1-2-7-24-15-4-3-13-11-20(6-5-12(13)8-15)17-16(18)9-14(10-19-17)21(22)23/h3-4,8-10H,2,5-7,11H2,1H3. The summed E-state index contributed by atoms with van der Waals surface area (Å²) in [5, 5.41) is 11.1. The molecule has 126 valence electrons. The molecule has 3 rings (SSSR count). The number of nitro groups is 1. The summed E-state index contributed by atoms with van der Waals surface area (Å²) in [5.74, 6) is 1.48. The Hall–Kier alpha value is -2.34. The smallest absolute Gasteiger partial charge is 0.289 e. The number of benzene rings is 1. The van der Waals surface area contributed by atoms with Gasteiger partial charge in [0.1, 0.15) is 17.8 Å². The molecule has 6 nitrogen and oxygen atoms in total. The van der Waals surface area contributed by atoms with Crippen LogP contribution in [0.2, 0.25) is 5.02 Å². The van der Waals surface area contributed by atoms with Crippen molar-refractivity contribution in [1.29, 1.82) is 0 Å². The van der Waals surface area contributed by atoms with Gasteiger partial charge in [-0.2, -0.15) is 0 Å². The molecule has 24 heavy (non-hydrogen) atoms. The van der Waals surface area contributed by atoms with E-state index in [9.17, 15) is 10.1 Å². The lowest BCUT2D eigenvalue weighted by molar-refractivity contribution is -0.385. The molecule has 0 bridgehead atoms. The molecule has 0 N–H and O–H groups in total. The molecule has 0 spiro atoms. The fourth-order valence-electron chi connectivity index (χ4n) is 2.77. The molecule has 7 heteroatoms. The second-order valence-corrected chi connectivity index (χ2v) is 6.11. The van der Waals surface area contributed by atoms with Crippen molar-refractivity contribution in [3.63, 3.8) is 0 Å². The van der Waals surface area contributed by atoms with Crippen molar-refractivity contribution in [3.8, 4) is 5.75 Å². The van der Waals surface area contributed by atoms with Crippen molar-refractivity contribution in [1.82, 2.24) is 4.98 Å². The van der Waals surface area contributed by atoms with Crippen LogP contribution in [-0.4, -0.2) is 23.1 Å². The maximum Gasteiger partial charge on any atom is 0.289 e. The minimum atomic E-state index is -0.494. The molecule has 1 aliphatic rings. The Labute approximate surface area is 145 Å². The third kappa shape index (κ3) is 3.43. The molecule has 2 heterocycles. The van der Waals surface area contributed by atoms with Crippen LogP contribution in [0.4, 0.5) is 11.5 Å². The Morgan fingerprint density at radius 3 is 2.92 bits per heavy atom. The van der Waals surface area contributed by atoms with Crippen LogP contribution < -0.4 is 9.64 Å². The summed E-state index contributed by atoms with van der Waals surface area (Å²) in [7, 11) is 0. The summed E-state index contributed by atoms with van der Waals surface area (Å²) in [6.45, 7) is 4.23. The van der Waals surface area contributed by atoms with E-state index < -0.39 is 4.92 Å². The Balaban J connectivity index is 1.79. The molecule has 0 unspecified atom stereocenters. The number of hydrogen-bond acceptors (Lipinski definition) is 5. The lowest BCUT2D eigenvalue weighted by Crippen LogP contribution is -2.31. The van der Waals surface area contributed by atoms with Crippen molar-refractivity contribution >= 4 is 23.1 Å². The van der Waals surface area contributed by atoms with Crippen LogP contribution in [0.5, 0.6) is 5.75 Å². The summed E-state index contributed by atoms with van der Waals surface area (Å²) in [6.07, 6.45) is 3.08. The molecule has 1 aromatic carbocycles. The van der Waals surface area contributed by atoms with E-state index in [0.29, 0.717) is 24.0 Å². The zero-order valence-electron chi connectivity index (χ0n) is 13.4. The third-order valence-electron chi connectivity index (χ3n) is 3.98. The Morgan fingerprint density at radius 1 is 1.38 bits per heavy atom. The Morgan fingerprint density at radius 2 is 2.21 bits per heavy atom. The second kappa shape index (κ2) is 7.05. The first-order valence-electron chi connectivity index (χ1n) is 7.88. The van der Waals surface area contributed by atoms with E-state index in [1.165, 1.54) is 23.4 Å². The Kier molecular flexibility index (Phi) is 4.85. The second-order valence-electron chi connectivity index (χ2n) is 5.71. The van der Waals surface area contributed by atoms with Crippen molar-refractivity contribution in [2.75, 3.05) is 18.1 Å². The number of fused-ring (bicyclic) bond motifs is 1. The Bertz CT molecular complexity index is 767. The van der Waals surface area contributed by atoms with E-state index in [1.54, 1.807) is 0 Å². The number of aromatic nitrogens is 1. The van der Waals surface area contributed by atoms with Crippen molar-refractivity contribution in [2.45, 2.75) is 26.3 Å². The van der Waals surface area contributed by atoms with Crippen LogP contribution >= 0.6 is 11.6 Å². The van der Waals surface area contributed by atoms with Gasteiger partial charge in [0.25, 0.3) is 5.69 Å². The molecule has 2 aromatic rings. The van der Waals surface area contributed by atoms with E-state index in [-0.39, 0.29) is 5.69 Å². The number of anilines is 1. The van der Waals surface area contributed by atoms with Gasteiger partial charge in [0.2, 0.25) is 0 Å². The van der Waals surface area contributed by atoms with E-state index in [2.05, 4.69) is 24.0 Å². The SMILES string of the molecule is CCCOc1ccc2c(c1)CCN(c1ncc([N+](=O)[O-])cc1Cl)C2. The first kappa shape index (κ1) is 16.5. The van der Waals surface area contributed by atoms with E-state index in [1.807, 2.05) is 11.0 Å².